The molecule has 2 unspecified atom stereocenters. The van der Waals surface area contributed by atoms with E-state index < -0.39 is 9.28 Å². The molecule has 0 bridgehead atoms. The first-order valence-corrected chi connectivity index (χ1v) is 7.94. The summed E-state index contributed by atoms with van der Waals surface area (Å²) in [5.41, 5.74) is 0. The van der Waals surface area contributed by atoms with Gasteiger partial charge in [-0.25, -0.2) is 0 Å². The maximum atomic E-state index is 5.63. The maximum Gasteiger partial charge on any atom is 0.321 e. The van der Waals surface area contributed by atoms with Crippen LogP contribution in [-0.2, 0) is 18.3 Å². The van der Waals surface area contributed by atoms with E-state index in [0.717, 1.165) is 39.1 Å². The molecular weight excluding hydrogens is 224 g/mol. The van der Waals surface area contributed by atoms with Crippen LogP contribution in [0.5, 0.6) is 0 Å². The van der Waals surface area contributed by atoms with Gasteiger partial charge in [-0.2, -0.15) is 0 Å². The first kappa shape index (κ1) is 14.1. The van der Waals surface area contributed by atoms with Gasteiger partial charge in [0.05, 0.1) is 13.2 Å². The van der Waals surface area contributed by atoms with Gasteiger partial charge in [-0.15, -0.1) is 0 Å². The average Bonchev–Trinajstić information content (AvgIpc) is 3.02. The van der Waals surface area contributed by atoms with Crippen molar-refractivity contribution in [3.63, 3.8) is 0 Å². The molecule has 0 aromatic heterocycles. The highest BCUT2D eigenvalue weighted by Crippen LogP contribution is 2.12. The van der Waals surface area contributed by atoms with Crippen LogP contribution in [0.4, 0.5) is 0 Å². The Morgan fingerprint density at radius 1 is 1.31 bits per heavy atom. The van der Waals surface area contributed by atoms with Gasteiger partial charge < -0.3 is 18.3 Å². The number of hydrogen-bond acceptors (Lipinski definition) is 4. The molecule has 1 rings (SSSR count). The molecule has 0 spiro atoms. The Labute approximate surface area is 100 Å². The SMILES string of the molecule is CCO[SiH](CC(C)COCC1CO1)OCC. The second-order valence-electron chi connectivity index (χ2n) is 4.17. The van der Waals surface area contributed by atoms with E-state index in [1.54, 1.807) is 0 Å². The minimum absolute atomic E-state index is 0.360. The van der Waals surface area contributed by atoms with E-state index in [0.29, 0.717) is 12.0 Å². The molecule has 1 aliphatic heterocycles. The van der Waals surface area contributed by atoms with E-state index in [2.05, 4.69) is 6.92 Å². The number of hydrogen-bond donors (Lipinski definition) is 0. The molecule has 96 valence electrons. The molecule has 0 N–H and O–H groups in total. The summed E-state index contributed by atoms with van der Waals surface area (Å²) in [5, 5.41) is 0. The predicted molar refractivity (Wildman–Crippen MR) is 64.9 cm³/mol. The van der Waals surface area contributed by atoms with Crippen LogP contribution in [0.1, 0.15) is 20.8 Å². The van der Waals surface area contributed by atoms with Gasteiger partial charge in [-0.1, -0.05) is 6.92 Å². The second kappa shape index (κ2) is 8.19. The van der Waals surface area contributed by atoms with Crippen molar-refractivity contribution in [3.05, 3.63) is 0 Å². The third-order valence-electron chi connectivity index (χ3n) is 2.41. The standard InChI is InChI=1S/C11H24O4Si/c1-4-14-16(15-5-2)9-10(3)6-12-7-11-8-13-11/h10-11,16H,4-9H2,1-3H3. The van der Waals surface area contributed by atoms with Crippen molar-refractivity contribution in [1.82, 2.24) is 0 Å². The van der Waals surface area contributed by atoms with Crippen molar-refractivity contribution in [2.45, 2.75) is 32.9 Å². The zero-order valence-corrected chi connectivity index (χ0v) is 11.8. The molecule has 4 nitrogen and oxygen atoms in total. The van der Waals surface area contributed by atoms with Crippen LogP contribution in [0.25, 0.3) is 0 Å². The highest BCUT2D eigenvalue weighted by molar-refractivity contribution is 6.44. The van der Waals surface area contributed by atoms with Gasteiger partial charge in [0, 0.05) is 19.8 Å². The third-order valence-corrected chi connectivity index (χ3v) is 5.01. The number of epoxide rings is 1. The minimum Gasteiger partial charge on any atom is -0.397 e. The molecule has 2 atom stereocenters. The summed E-state index contributed by atoms with van der Waals surface area (Å²) < 4.78 is 21.9. The smallest absolute Gasteiger partial charge is 0.321 e. The fourth-order valence-corrected chi connectivity index (χ4v) is 3.42. The zero-order valence-electron chi connectivity index (χ0n) is 10.6. The van der Waals surface area contributed by atoms with E-state index in [1.165, 1.54) is 0 Å². The summed E-state index contributed by atoms with van der Waals surface area (Å²) in [5.74, 6) is 0.508. The Balaban J connectivity index is 2.05. The first-order chi connectivity index (χ1) is 7.76. The van der Waals surface area contributed by atoms with Gasteiger partial charge >= 0.3 is 9.28 Å². The fraction of sp³-hybridized carbons (Fsp3) is 1.00. The summed E-state index contributed by atoms with van der Waals surface area (Å²) in [7, 11) is -1.45. The molecule has 1 fully saturated rings. The van der Waals surface area contributed by atoms with Crippen LogP contribution in [0.3, 0.4) is 0 Å². The molecule has 0 aromatic rings. The lowest BCUT2D eigenvalue weighted by molar-refractivity contribution is 0.0914. The van der Waals surface area contributed by atoms with Crippen molar-refractivity contribution >= 4 is 9.28 Å². The Morgan fingerprint density at radius 3 is 2.44 bits per heavy atom. The predicted octanol–water partition coefficient (Wildman–Crippen LogP) is 1.33. The van der Waals surface area contributed by atoms with Gasteiger partial charge in [-0.05, 0) is 25.8 Å². The Morgan fingerprint density at radius 2 is 1.94 bits per heavy atom. The average molecular weight is 248 g/mol. The molecule has 0 aliphatic carbocycles. The molecular formula is C11H24O4Si. The minimum atomic E-state index is -1.45. The highest BCUT2D eigenvalue weighted by atomic mass is 28.3. The summed E-state index contributed by atoms with van der Waals surface area (Å²) in [6.07, 6.45) is 0.360. The van der Waals surface area contributed by atoms with E-state index in [4.69, 9.17) is 18.3 Å². The van der Waals surface area contributed by atoms with Crippen LogP contribution in [0.15, 0.2) is 0 Å². The lowest BCUT2D eigenvalue weighted by Gasteiger charge is -2.18. The van der Waals surface area contributed by atoms with Crippen LogP contribution in [0, 0.1) is 5.92 Å². The monoisotopic (exact) mass is 248 g/mol. The zero-order chi connectivity index (χ0) is 11.8. The van der Waals surface area contributed by atoms with Gasteiger partial charge in [0.2, 0.25) is 0 Å². The van der Waals surface area contributed by atoms with Gasteiger partial charge in [-0.3, -0.25) is 0 Å². The van der Waals surface area contributed by atoms with E-state index >= 15 is 0 Å². The van der Waals surface area contributed by atoms with E-state index in [9.17, 15) is 0 Å². The molecule has 1 aliphatic rings. The molecule has 16 heavy (non-hydrogen) atoms. The van der Waals surface area contributed by atoms with Crippen molar-refractivity contribution in [1.29, 1.82) is 0 Å². The summed E-state index contributed by atoms with van der Waals surface area (Å²) in [6, 6.07) is 1.02. The molecule has 0 saturated carbocycles. The van der Waals surface area contributed by atoms with Crippen molar-refractivity contribution in [3.8, 4) is 0 Å². The molecule has 0 aromatic carbocycles. The molecule has 1 saturated heterocycles. The summed E-state index contributed by atoms with van der Waals surface area (Å²) in [6.45, 7) is 10.1. The van der Waals surface area contributed by atoms with Crippen LogP contribution in [-0.4, -0.2) is 48.4 Å². The normalized spacial score (nSPS) is 21.4. The van der Waals surface area contributed by atoms with Gasteiger partial charge in [0.25, 0.3) is 0 Å². The first-order valence-electron chi connectivity index (χ1n) is 6.18. The summed E-state index contributed by atoms with van der Waals surface area (Å²) >= 11 is 0. The van der Waals surface area contributed by atoms with Crippen molar-refractivity contribution in [2.75, 3.05) is 33.0 Å². The molecule has 1 heterocycles. The Kier molecular flexibility index (Phi) is 7.23. The Hall–Kier alpha value is 0.0569. The summed E-state index contributed by atoms with van der Waals surface area (Å²) in [4.78, 5) is 0. The second-order valence-corrected chi connectivity index (χ2v) is 6.17. The van der Waals surface area contributed by atoms with Gasteiger partial charge in [0.15, 0.2) is 0 Å². The van der Waals surface area contributed by atoms with Crippen molar-refractivity contribution < 1.29 is 18.3 Å². The topological polar surface area (TPSA) is 40.2 Å². The van der Waals surface area contributed by atoms with E-state index in [-0.39, 0.29) is 0 Å². The largest absolute Gasteiger partial charge is 0.397 e. The fourth-order valence-electron chi connectivity index (χ4n) is 1.52. The molecule has 0 amide bonds. The van der Waals surface area contributed by atoms with Crippen molar-refractivity contribution in [2.24, 2.45) is 5.92 Å². The maximum absolute atomic E-state index is 5.63. The molecule has 5 heteroatoms. The van der Waals surface area contributed by atoms with Crippen LogP contribution in [0.2, 0.25) is 6.04 Å². The third kappa shape index (κ3) is 6.60. The van der Waals surface area contributed by atoms with Gasteiger partial charge in [0.1, 0.15) is 6.10 Å². The van der Waals surface area contributed by atoms with E-state index in [1.807, 2.05) is 13.8 Å². The van der Waals surface area contributed by atoms with Crippen LogP contribution < -0.4 is 0 Å². The lowest BCUT2D eigenvalue weighted by Crippen LogP contribution is -2.26. The highest BCUT2D eigenvalue weighted by Gasteiger charge is 2.23. The number of ether oxygens (including phenoxy) is 2. The quantitative estimate of drug-likeness (QED) is 0.432. The lowest BCUT2D eigenvalue weighted by atomic mass is 10.2. The number of rotatable bonds is 10. The van der Waals surface area contributed by atoms with Crippen LogP contribution >= 0.6 is 0 Å². The molecule has 0 radical (unpaired) electrons. The Bertz CT molecular complexity index is 169.